The molecule has 0 spiro atoms. The van der Waals surface area contributed by atoms with Crippen molar-refractivity contribution in [3.05, 3.63) is 167 Å². The van der Waals surface area contributed by atoms with Gasteiger partial charge in [0.05, 0.1) is 22.4 Å². The van der Waals surface area contributed by atoms with Crippen LogP contribution in [0.2, 0.25) is 12.6 Å². The Bertz CT molecular complexity index is 4320. The van der Waals surface area contributed by atoms with Crippen LogP contribution in [-0.4, -0.2) is 154 Å². The lowest BCUT2D eigenvalue weighted by Gasteiger charge is -2.45. The van der Waals surface area contributed by atoms with Crippen molar-refractivity contribution < 1.29 is 53.0 Å². The minimum Gasteiger partial charge on any atom is -0.480 e. The molecule has 14 rings (SSSR count). The first kappa shape index (κ1) is 115. The third-order valence-electron chi connectivity index (χ3n) is 32.9. The number of carbonyl (C=O) groups excluding carboxylic acids is 3. The first-order valence-corrected chi connectivity index (χ1v) is 53.4. The minimum absolute atomic E-state index is 0. The van der Waals surface area contributed by atoms with Crippen LogP contribution in [0.3, 0.4) is 0 Å². The molecule has 7 N–H and O–H groups in total. The number of benzene rings is 4. The van der Waals surface area contributed by atoms with E-state index in [-0.39, 0.29) is 98.7 Å². The summed E-state index contributed by atoms with van der Waals surface area (Å²) in [4.78, 5) is 60.4. The summed E-state index contributed by atoms with van der Waals surface area (Å²) in [5, 5.41) is 34.3. The molecule has 753 valence electrons. The second-order valence-corrected chi connectivity index (χ2v) is 48.6. The molecule has 2 amide bonds. The Morgan fingerprint density at radius 3 is 1.17 bits per heavy atom. The number of alkyl halides is 1. The fourth-order valence-corrected chi connectivity index (χ4v) is 23.6. The van der Waals surface area contributed by atoms with Gasteiger partial charge in [-0.1, -0.05) is 212 Å². The molecule has 6 fully saturated rings. The number of aliphatic carboxylic acids is 1. The molecule has 135 heavy (non-hydrogen) atoms. The maximum atomic E-state index is 13.8. The van der Waals surface area contributed by atoms with E-state index in [0.717, 1.165) is 142 Å². The van der Waals surface area contributed by atoms with Crippen molar-refractivity contribution in [2.24, 2.45) is 51.1 Å². The van der Waals surface area contributed by atoms with Crippen molar-refractivity contribution in [3.63, 3.8) is 0 Å². The van der Waals surface area contributed by atoms with E-state index in [4.69, 9.17) is 34.4 Å². The summed E-state index contributed by atoms with van der Waals surface area (Å²) < 4.78 is 22.8. The number of Topliss-reactive ketones (excluding diaryl/α,β-unsaturated/α-hetero) is 1. The predicted octanol–water partition coefficient (Wildman–Crippen LogP) is 25.4. The number of fused-ring (bicyclic) bond motifs is 4. The SMILES string of the molecule is BrC1CCCc2ccccc21.C=CCCC(C)(C(=O)CC(C)(C)C)C1CCCCC1.C=CCCC(C)(C(=O)NC(C)(C)C)C1CCN(C2CCCc3ccccc32)CC1.CC(C)(C)NC(=O)C(C)(CCCCB1OC(C)(C)C(C)(C)O1)C1CCN(C2CCCc3ccccc32)CC1.CC1(C)O[B]OC1(C)C.Cl.NC(CCCCB(O)O)(C(=O)O)C1CCN(C2CCCc3ccccc32)CC1. The van der Waals surface area contributed by atoms with Gasteiger partial charge in [-0.15, -0.1) is 25.6 Å². The summed E-state index contributed by atoms with van der Waals surface area (Å²) in [6, 6.07) is 37.0. The maximum absolute atomic E-state index is 13.8. The summed E-state index contributed by atoms with van der Waals surface area (Å²) in [5.74, 6) is 1.37. The van der Waals surface area contributed by atoms with Gasteiger partial charge in [0, 0.05) is 56.7 Å². The van der Waals surface area contributed by atoms with Gasteiger partial charge in [0.2, 0.25) is 11.8 Å². The fourth-order valence-electron chi connectivity index (χ4n) is 22.9. The molecule has 1 radical (unpaired) electrons. The molecule has 10 aliphatic rings. The Labute approximate surface area is 835 Å². The van der Waals surface area contributed by atoms with Crippen LogP contribution in [0.4, 0.5) is 0 Å². The number of nitrogens with zero attached hydrogens (tertiary/aromatic N) is 3. The molecular formula is C113H182B3BrClN6O11. The Morgan fingerprint density at radius 1 is 0.467 bits per heavy atom. The third-order valence-corrected chi connectivity index (χ3v) is 33.8. The first-order valence-electron chi connectivity index (χ1n) is 52.5. The van der Waals surface area contributed by atoms with Crippen molar-refractivity contribution in [2.75, 3.05) is 39.3 Å². The van der Waals surface area contributed by atoms with Gasteiger partial charge in [-0.25, -0.2) is 0 Å². The van der Waals surface area contributed by atoms with Crippen LogP contribution in [0.15, 0.2) is 122 Å². The number of hydrogen-bond donors (Lipinski definition) is 6. The highest BCUT2D eigenvalue weighted by molar-refractivity contribution is 9.09. The van der Waals surface area contributed by atoms with Crippen LogP contribution < -0.4 is 16.4 Å². The Morgan fingerprint density at radius 2 is 0.815 bits per heavy atom. The summed E-state index contributed by atoms with van der Waals surface area (Å²) in [6.45, 7) is 55.9. The first-order chi connectivity index (χ1) is 63.0. The molecule has 1 saturated carbocycles. The molecule has 5 saturated heterocycles. The molecule has 5 heterocycles. The topological polar surface area (TPSA) is 226 Å². The number of amides is 2. The van der Waals surface area contributed by atoms with Crippen LogP contribution in [0.25, 0.3) is 0 Å². The molecule has 8 unspecified atom stereocenters. The number of carboxylic acids is 1. The highest BCUT2D eigenvalue weighted by Gasteiger charge is 2.53. The van der Waals surface area contributed by atoms with E-state index >= 15 is 0 Å². The van der Waals surface area contributed by atoms with Gasteiger partial charge < -0.3 is 50.1 Å². The molecule has 5 aliphatic carbocycles. The van der Waals surface area contributed by atoms with E-state index in [0.29, 0.717) is 72.2 Å². The monoisotopic (exact) mass is 1950 g/mol. The number of carbonyl (C=O) groups is 4. The Hall–Kier alpha value is -5.00. The molecule has 17 nitrogen and oxygen atoms in total. The number of ketones is 1. The number of unbranched alkanes of at least 4 members (excludes halogenated alkanes) is 2. The number of hydrogen-bond acceptors (Lipinski definition) is 14. The molecule has 0 aromatic heterocycles. The second-order valence-electron chi connectivity index (χ2n) is 47.5. The van der Waals surface area contributed by atoms with E-state index in [2.05, 4.69) is 262 Å². The minimum atomic E-state index is -1.33. The van der Waals surface area contributed by atoms with Crippen LogP contribution in [0.1, 0.15) is 399 Å². The molecule has 8 atom stereocenters. The van der Waals surface area contributed by atoms with E-state index in [9.17, 15) is 24.3 Å². The average molecular weight is 1950 g/mol. The summed E-state index contributed by atoms with van der Waals surface area (Å²) in [6.07, 6.45) is 41.2. The van der Waals surface area contributed by atoms with Gasteiger partial charge in [-0.3, -0.25) is 33.9 Å². The van der Waals surface area contributed by atoms with Crippen molar-refractivity contribution >= 4 is 73.8 Å². The number of halogens is 2. The standard InChI is InChI=1S/C32H53BN2O3.C26H40N2O.C21H33BN2O4.C18H32O.C10H11Br.C6H12BO2.ClH/c1-29(2,3)34-28(36)32(8,20-11-12-21-33-37-30(4,5)31(6,7)38-33)25-18-22-35(23-19-25)27-17-13-15-24-14-9-10-16-26(24)27;1-6-7-17-26(5,24(29)27-25(2,3)4)21-15-18-28(19-16-21)23-14-10-12-20-11-8-9-13-22(20)23;23-21(20(25)26,12-3-4-13-22(27)28)17-10-14-24(15-11-17)19-9-5-7-16-6-1-2-8-18(16)19;1-6-7-13-18(5,15-11-9-8-10-12-15)16(19)14-17(2,3)4;11-10-7-3-5-8-4-1-2-6-9(8)10;1-5(2)6(3,4)9-7-8-5;/h9-10,14,16,25,27H,11-13,15,17-23H2,1-8H3,(H,34,36);6,8-9,11,13,21,23H,1,7,10,12,14-19H2,2-5H3,(H,27,29);1-2,6,8,17,19,27-28H,3-5,7,9-15,23H2,(H,25,26);6,15H,1,7-14H2,2-5H3;1-2,4,6,10H,3,5,7H2;1-4H3;1H. The quantitative estimate of drug-likeness (QED) is 0.0135. The van der Waals surface area contributed by atoms with E-state index in [1.54, 1.807) is 0 Å². The summed E-state index contributed by atoms with van der Waals surface area (Å²) in [7, 11) is -0.0742. The highest BCUT2D eigenvalue weighted by atomic mass is 79.9. The molecule has 22 heteroatoms. The lowest BCUT2D eigenvalue weighted by molar-refractivity contribution is -0.147. The Kier molecular flexibility index (Phi) is 43.8. The number of likely N-dealkylation sites (tertiary alicyclic amines) is 3. The lowest BCUT2D eigenvalue weighted by Crippen LogP contribution is -2.57. The van der Waals surface area contributed by atoms with E-state index in [1.165, 1.54) is 149 Å². The predicted molar refractivity (Wildman–Crippen MR) is 566 cm³/mol. The smallest absolute Gasteiger partial charge is 0.480 e. The van der Waals surface area contributed by atoms with Crippen molar-refractivity contribution in [1.82, 2.24) is 25.3 Å². The zero-order valence-corrected chi connectivity index (χ0v) is 90.1. The normalized spacial score (nSPS) is 23.7. The van der Waals surface area contributed by atoms with Crippen LogP contribution in [0.5, 0.6) is 0 Å². The highest BCUT2D eigenvalue weighted by Crippen LogP contribution is 2.50. The number of nitrogens with two attached hydrogens (primary N) is 1. The van der Waals surface area contributed by atoms with Crippen LogP contribution in [0, 0.1) is 45.3 Å². The van der Waals surface area contributed by atoms with Crippen molar-refractivity contribution in [3.8, 4) is 0 Å². The molecule has 4 aromatic carbocycles. The second kappa shape index (κ2) is 51.3. The van der Waals surface area contributed by atoms with Gasteiger partial charge in [0.25, 0.3) is 0 Å². The van der Waals surface area contributed by atoms with Crippen molar-refractivity contribution in [1.29, 1.82) is 0 Å². The van der Waals surface area contributed by atoms with Gasteiger partial charge >= 0.3 is 27.9 Å². The van der Waals surface area contributed by atoms with E-state index in [1.807, 2.05) is 39.8 Å². The number of nitrogens with one attached hydrogen (secondary N) is 2. The van der Waals surface area contributed by atoms with Crippen molar-refractivity contribution in [2.45, 2.75) is 431 Å². The maximum Gasteiger partial charge on any atom is 0.488 e. The van der Waals surface area contributed by atoms with Gasteiger partial charge in [-0.05, 0) is 389 Å². The molecule has 0 bridgehead atoms. The number of rotatable bonds is 28. The molecule has 4 aromatic rings. The van der Waals surface area contributed by atoms with Gasteiger partial charge in [-0.2, -0.15) is 0 Å². The van der Waals surface area contributed by atoms with Gasteiger partial charge in [0.15, 0.2) is 0 Å². The average Bonchev–Trinajstić information content (AvgIpc) is 1.77. The number of piperidine rings is 3. The number of allylic oxidation sites excluding steroid dienone is 2. The summed E-state index contributed by atoms with van der Waals surface area (Å²) >= 11 is 3.69. The third kappa shape index (κ3) is 32.3. The van der Waals surface area contributed by atoms with E-state index < -0.39 is 18.6 Å². The summed E-state index contributed by atoms with van der Waals surface area (Å²) in [5.41, 5.74) is 15.1. The largest absolute Gasteiger partial charge is 0.488 e. The zero-order valence-electron chi connectivity index (χ0n) is 87.7. The Balaban J connectivity index is 0.000000209. The molecular weight excluding hydrogens is 1770 g/mol. The zero-order chi connectivity index (χ0) is 98.3. The lowest BCUT2D eigenvalue weighted by atomic mass is 9.63. The number of carboxylic acid groups (broad SMARTS) is 1. The number of aryl methyl sites for hydroxylation is 4. The van der Waals surface area contributed by atoms with Crippen LogP contribution >= 0.6 is 28.3 Å². The van der Waals surface area contributed by atoms with Crippen LogP contribution in [-0.2, 0) is 63.5 Å². The molecule has 5 aliphatic heterocycles. The van der Waals surface area contributed by atoms with Gasteiger partial charge in [0.1, 0.15) is 11.3 Å². The fraction of sp³-hybridized carbons (Fsp3) is 0.717.